The molecule has 1 N–H and O–H groups in total. The largest absolute Gasteiger partial charge is 0.489 e. The molecule has 0 atom stereocenters. The maximum Gasteiger partial charge on any atom is 0.262 e. The van der Waals surface area contributed by atoms with Gasteiger partial charge < -0.3 is 10.1 Å². The number of benzene rings is 2. The molecule has 1 heterocycles. The number of nitrogens with one attached hydrogen (secondary N) is 1. The van der Waals surface area contributed by atoms with Crippen molar-refractivity contribution >= 4 is 45.4 Å². The zero-order valence-corrected chi connectivity index (χ0v) is 14.6. The van der Waals surface area contributed by atoms with Crippen LogP contribution in [0.4, 0.5) is 5.69 Å². The Kier molecular flexibility index (Phi) is 4.88. The van der Waals surface area contributed by atoms with E-state index >= 15 is 0 Å². The van der Waals surface area contributed by atoms with Crippen molar-refractivity contribution in [3.05, 3.63) is 70.1 Å². The third-order valence-electron chi connectivity index (χ3n) is 3.19. The molecule has 2 aromatic rings. The van der Waals surface area contributed by atoms with Crippen LogP contribution in [0.25, 0.3) is 6.08 Å². The smallest absolute Gasteiger partial charge is 0.262 e. The number of hydrogen-bond acceptors (Lipinski definition) is 3. The molecule has 116 valence electrons. The van der Waals surface area contributed by atoms with E-state index < -0.39 is 0 Å². The summed E-state index contributed by atoms with van der Waals surface area (Å²) in [6.07, 6.45) is 3.54. The van der Waals surface area contributed by atoms with Crippen LogP contribution < -0.4 is 10.1 Å². The number of ether oxygens (including phenoxy) is 1. The second kappa shape index (κ2) is 7.06. The molecule has 23 heavy (non-hydrogen) atoms. The van der Waals surface area contributed by atoms with Gasteiger partial charge in [-0.15, -0.1) is 0 Å². The van der Waals surface area contributed by atoms with Gasteiger partial charge in [-0.2, -0.15) is 0 Å². The fourth-order valence-corrected chi connectivity index (χ4v) is 3.48. The maximum atomic E-state index is 12.3. The van der Waals surface area contributed by atoms with Crippen molar-refractivity contribution in [1.29, 1.82) is 0 Å². The summed E-state index contributed by atoms with van der Waals surface area (Å²) in [6, 6.07) is 13.5. The van der Waals surface area contributed by atoms with E-state index in [-0.39, 0.29) is 5.91 Å². The molecular formula is C18H14BrNO2S. The molecule has 1 amide bonds. The molecule has 0 radical (unpaired) electrons. The van der Waals surface area contributed by atoms with Crippen LogP contribution in [0, 0.1) is 0 Å². The molecule has 1 aliphatic heterocycles. The number of carbonyl (C=O) groups excluding carboxylic acids is 1. The molecule has 0 unspecified atom stereocenters. The predicted octanol–water partition coefficient (Wildman–Crippen LogP) is 5.10. The van der Waals surface area contributed by atoms with Crippen molar-refractivity contribution in [2.45, 2.75) is 4.90 Å². The Morgan fingerprint density at radius 3 is 2.91 bits per heavy atom. The van der Waals surface area contributed by atoms with Gasteiger partial charge in [-0.3, -0.25) is 4.79 Å². The summed E-state index contributed by atoms with van der Waals surface area (Å²) >= 11 is 4.91. The van der Waals surface area contributed by atoms with E-state index in [4.69, 9.17) is 4.74 Å². The molecule has 0 aliphatic carbocycles. The fraction of sp³-hybridized carbons (Fsp3) is 0.0556. The Morgan fingerprint density at radius 1 is 1.26 bits per heavy atom. The van der Waals surface area contributed by atoms with Crippen LogP contribution in [0.2, 0.25) is 0 Å². The number of fused-ring (bicyclic) bond motifs is 1. The number of para-hydroxylation sites is 1. The zero-order chi connectivity index (χ0) is 16.2. The Morgan fingerprint density at radius 2 is 2.09 bits per heavy atom. The van der Waals surface area contributed by atoms with E-state index in [9.17, 15) is 4.79 Å². The van der Waals surface area contributed by atoms with Crippen LogP contribution in [-0.4, -0.2) is 12.5 Å². The van der Waals surface area contributed by atoms with Crippen LogP contribution in [0.5, 0.6) is 5.75 Å². The second-order valence-electron chi connectivity index (χ2n) is 4.84. The Labute approximate surface area is 147 Å². The molecule has 3 nitrogen and oxygen atoms in total. The van der Waals surface area contributed by atoms with Crippen molar-refractivity contribution < 1.29 is 9.53 Å². The average Bonchev–Trinajstić information content (AvgIpc) is 2.55. The van der Waals surface area contributed by atoms with Crippen molar-refractivity contribution in [1.82, 2.24) is 0 Å². The van der Waals surface area contributed by atoms with Gasteiger partial charge >= 0.3 is 0 Å². The third-order valence-corrected chi connectivity index (χ3v) is 4.79. The van der Waals surface area contributed by atoms with Crippen LogP contribution in [0.15, 0.2) is 69.4 Å². The van der Waals surface area contributed by atoms with Crippen molar-refractivity contribution in [3.63, 3.8) is 0 Å². The van der Waals surface area contributed by atoms with Crippen LogP contribution >= 0.6 is 27.7 Å². The summed E-state index contributed by atoms with van der Waals surface area (Å²) in [5, 5.41) is 2.91. The Balaban J connectivity index is 1.96. The molecule has 3 rings (SSSR count). The minimum absolute atomic E-state index is 0.108. The van der Waals surface area contributed by atoms with E-state index in [1.165, 1.54) is 11.8 Å². The first-order valence-electron chi connectivity index (χ1n) is 7.00. The van der Waals surface area contributed by atoms with Crippen molar-refractivity contribution in [2.75, 3.05) is 11.9 Å². The predicted molar refractivity (Wildman–Crippen MR) is 98.7 cm³/mol. The van der Waals surface area contributed by atoms with Gasteiger partial charge in [-0.05, 0) is 36.4 Å². The number of carbonyl (C=O) groups is 1. The van der Waals surface area contributed by atoms with E-state index in [0.29, 0.717) is 17.3 Å². The van der Waals surface area contributed by atoms with E-state index in [0.717, 1.165) is 20.6 Å². The van der Waals surface area contributed by atoms with Gasteiger partial charge in [0.25, 0.3) is 5.91 Å². The number of halogens is 1. The Bertz CT molecular complexity index is 801. The summed E-state index contributed by atoms with van der Waals surface area (Å²) in [7, 11) is 0. The molecule has 5 heteroatoms. The zero-order valence-electron chi connectivity index (χ0n) is 12.2. The number of hydrogen-bond donors (Lipinski definition) is 1. The number of amides is 1. The summed E-state index contributed by atoms with van der Waals surface area (Å²) in [5.74, 6) is 0.608. The van der Waals surface area contributed by atoms with E-state index in [2.05, 4.69) is 27.8 Å². The maximum absolute atomic E-state index is 12.3. The molecule has 2 aromatic carbocycles. The fourth-order valence-electron chi connectivity index (χ4n) is 2.16. The molecule has 0 saturated heterocycles. The van der Waals surface area contributed by atoms with Crippen molar-refractivity contribution in [3.8, 4) is 5.75 Å². The van der Waals surface area contributed by atoms with Gasteiger partial charge in [0.15, 0.2) is 0 Å². The van der Waals surface area contributed by atoms with Gasteiger partial charge in [-0.25, -0.2) is 0 Å². The number of anilines is 1. The van der Waals surface area contributed by atoms with E-state index in [1.807, 2.05) is 48.5 Å². The summed E-state index contributed by atoms with van der Waals surface area (Å²) in [6.45, 7) is 4.07. The van der Waals surface area contributed by atoms with Crippen molar-refractivity contribution in [2.24, 2.45) is 0 Å². The molecule has 0 fully saturated rings. The SMILES string of the molecule is C=CCOc1ccc(Br)cc1/C=C1\Sc2ccccc2NC1=O. The normalized spacial score (nSPS) is 15.0. The highest BCUT2D eigenvalue weighted by Crippen LogP contribution is 2.39. The average molecular weight is 388 g/mol. The highest BCUT2D eigenvalue weighted by Gasteiger charge is 2.21. The lowest BCUT2D eigenvalue weighted by Gasteiger charge is -2.18. The summed E-state index contributed by atoms with van der Waals surface area (Å²) in [5.41, 5.74) is 1.69. The lowest BCUT2D eigenvalue weighted by atomic mass is 10.2. The molecule has 0 aromatic heterocycles. The number of thioether (sulfide) groups is 1. The van der Waals surface area contributed by atoms with Gasteiger partial charge in [0.1, 0.15) is 12.4 Å². The van der Waals surface area contributed by atoms with Crippen LogP contribution in [-0.2, 0) is 4.79 Å². The molecular weight excluding hydrogens is 374 g/mol. The van der Waals surface area contributed by atoms with Crippen LogP contribution in [0.3, 0.4) is 0 Å². The van der Waals surface area contributed by atoms with E-state index in [1.54, 1.807) is 6.08 Å². The quantitative estimate of drug-likeness (QED) is 0.585. The first kappa shape index (κ1) is 15.9. The molecule has 0 bridgehead atoms. The highest BCUT2D eigenvalue weighted by molar-refractivity contribution is 9.10. The monoisotopic (exact) mass is 387 g/mol. The summed E-state index contributed by atoms with van der Waals surface area (Å²) < 4.78 is 6.59. The minimum atomic E-state index is -0.108. The third kappa shape index (κ3) is 3.68. The van der Waals surface area contributed by atoms with Gasteiger partial charge in [0, 0.05) is 14.9 Å². The summed E-state index contributed by atoms with van der Waals surface area (Å²) in [4.78, 5) is 14.0. The first-order valence-corrected chi connectivity index (χ1v) is 8.61. The second-order valence-corrected chi connectivity index (χ2v) is 6.84. The molecule has 0 spiro atoms. The van der Waals surface area contributed by atoms with Gasteiger partial charge in [0.2, 0.25) is 0 Å². The Hall–Kier alpha value is -1.98. The lowest BCUT2D eigenvalue weighted by Crippen LogP contribution is -2.17. The topological polar surface area (TPSA) is 38.3 Å². The molecule has 0 saturated carbocycles. The van der Waals surface area contributed by atoms with Gasteiger partial charge in [0.05, 0.1) is 10.6 Å². The lowest BCUT2D eigenvalue weighted by molar-refractivity contribution is -0.112. The molecule has 1 aliphatic rings. The number of rotatable bonds is 4. The first-order chi connectivity index (χ1) is 11.2. The standard InChI is InChI=1S/C18H14BrNO2S/c1-2-9-22-15-8-7-13(19)10-12(15)11-17-18(21)20-14-5-3-4-6-16(14)23-17/h2-8,10-11H,1,9H2,(H,20,21)/b17-11-. The highest BCUT2D eigenvalue weighted by atomic mass is 79.9. The minimum Gasteiger partial charge on any atom is -0.489 e. The van der Waals surface area contributed by atoms with Gasteiger partial charge in [-0.1, -0.05) is 52.5 Å². The van der Waals surface area contributed by atoms with Crippen LogP contribution in [0.1, 0.15) is 5.56 Å².